The summed E-state index contributed by atoms with van der Waals surface area (Å²) in [7, 11) is 0. The molecule has 0 amide bonds. The molecule has 0 saturated carbocycles. The van der Waals surface area contributed by atoms with Crippen molar-refractivity contribution in [3.05, 3.63) is 34.9 Å². The Morgan fingerprint density at radius 2 is 2.00 bits per heavy atom. The van der Waals surface area contributed by atoms with Gasteiger partial charge in [-0.25, -0.2) is 0 Å². The Morgan fingerprint density at radius 3 is 2.50 bits per heavy atom. The largest absolute Gasteiger partial charge is 0.314 e. The van der Waals surface area contributed by atoms with Gasteiger partial charge in [-0.15, -0.1) is 0 Å². The molecule has 0 radical (unpaired) electrons. The molecule has 1 atom stereocenters. The van der Waals surface area contributed by atoms with Crippen LogP contribution in [0.5, 0.6) is 0 Å². The fourth-order valence-corrected chi connectivity index (χ4v) is 2.67. The summed E-state index contributed by atoms with van der Waals surface area (Å²) in [5.74, 6) is 0. The Bertz CT molecular complexity index is 396. The maximum absolute atomic E-state index is 3.39. The zero-order valence-corrected chi connectivity index (χ0v) is 12.2. The van der Waals surface area contributed by atoms with E-state index in [1.54, 1.807) is 0 Å². The Kier molecular flexibility index (Phi) is 4.41. The summed E-state index contributed by atoms with van der Waals surface area (Å²) in [5.41, 5.74) is 4.25. The van der Waals surface area contributed by atoms with E-state index in [1.807, 2.05) is 0 Å². The molecule has 1 aliphatic rings. The Balaban J connectivity index is 2.15. The minimum Gasteiger partial charge on any atom is -0.314 e. The summed E-state index contributed by atoms with van der Waals surface area (Å²) in [6, 6.07) is 8.15. The third kappa shape index (κ3) is 2.76. The molecular weight excluding hydrogens is 220 g/mol. The van der Waals surface area contributed by atoms with E-state index in [9.17, 15) is 0 Å². The molecule has 0 aromatic heterocycles. The lowest BCUT2D eigenvalue weighted by Crippen LogP contribution is -2.57. The lowest BCUT2D eigenvalue weighted by Gasteiger charge is -2.42. The topological polar surface area (TPSA) is 15.3 Å². The SMILES string of the molecule is CCCN(C1CNC1)C(C)c1ccc(C)c(C)c1. The van der Waals surface area contributed by atoms with Crippen LogP contribution in [0.3, 0.4) is 0 Å². The molecule has 1 unspecified atom stereocenters. The molecule has 18 heavy (non-hydrogen) atoms. The second-order valence-corrected chi connectivity index (χ2v) is 5.57. The quantitative estimate of drug-likeness (QED) is 0.859. The fraction of sp³-hybridized carbons (Fsp3) is 0.625. The van der Waals surface area contributed by atoms with Gasteiger partial charge in [0.05, 0.1) is 0 Å². The average molecular weight is 246 g/mol. The summed E-state index contributed by atoms with van der Waals surface area (Å²) in [6.07, 6.45) is 1.23. The predicted molar refractivity (Wildman–Crippen MR) is 78.0 cm³/mol. The van der Waals surface area contributed by atoms with Gasteiger partial charge in [0.1, 0.15) is 0 Å². The molecule has 2 rings (SSSR count). The molecule has 1 aliphatic heterocycles. The maximum Gasteiger partial charge on any atom is 0.0351 e. The van der Waals surface area contributed by atoms with Crippen LogP contribution in [0.15, 0.2) is 18.2 Å². The van der Waals surface area contributed by atoms with E-state index in [0.29, 0.717) is 6.04 Å². The Labute approximate surface area is 111 Å². The van der Waals surface area contributed by atoms with Crippen LogP contribution >= 0.6 is 0 Å². The smallest absolute Gasteiger partial charge is 0.0351 e. The normalized spacial score (nSPS) is 17.8. The first-order chi connectivity index (χ1) is 8.63. The number of hydrogen-bond donors (Lipinski definition) is 1. The van der Waals surface area contributed by atoms with Crippen LogP contribution in [0.4, 0.5) is 0 Å². The van der Waals surface area contributed by atoms with E-state index >= 15 is 0 Å². The minimum atomic E-state index is 0.524. The summed E-state index contributed by atoms with van der Waals surface area (Å²) < 4.78 is 0. The van der Waals surface area contributed by atoms with Gasteiger partial charge in [0.2, 0.25) is 0 Å². The van der Waals surface area contributed by atoms with Gasteiger partial charge in [0.25, 0.3) is 0 Å². The lowest BCUT2D eigenvalue weighted by molar-refractivity contribution is 0.103. The van der Waals surface area contributed by atoms with E-state index in [4.69, 9.17) is 0 Å². The van der Waals surface area contributed by atoms with Gasteiger partial charge in [0, 0.05) is 25.2 Å². The molecular formula is C16H26N2. The van der Waals surface area contributed by atoms with Crippen molar-refractivity contribution >= 4 is 0 Å². The van der Waals surface area contributed by atoms with Crippen LogP contribution in [0.25, 0.3) is 0 Å². The van der Waals surface area contributed by atoms with E-state index in [-0.39, 0.29) is 0 Å². The van der Waals surface area contributed by atoms with E-state index < -0.39 is 0 Å². The van der Waals surface area contributed by atoms with Crippen molar-refractivity contribution in [3.8, 4) is 0 Å². The third-order valence-electron chi connectivity index (χ3n) is 4.22. The van der Waals surface area contributed by atoms with Gasteiger partial charge in [-0.2, -0.15) is 0 Å². The molecule has 1 heterocycles. The summed E-state index contributed by atoms with van der Waals surface area (Å²) in [4.78, 5) is 2.65. The Morgan fingerprint density at radius 1 is 1.28 bits per heavy atom. The molecule has 1 N–H and O–H groups in total. The molecule has 1 fully saturated rings. The molecule has 1 aromatic rings. The highest BCUT2D eigenvalue weighted by molar-refractivity contribution is 5.31. The minimum absolute atomic E-state index is 0.524. The zero-order valence-electron chi connectivity index (χ0n) is 12.2. The maximum atomic E-state index is 3.39. The monoisotopic (exact) mass is 246 g/mol. The van der Waals surface area contributed by atoms with Crippen molar-refractivity contribution in [1.82, 2.24) is 10.2 Å². The lowest BCUT2D eigenvalue weighted by atomic mass is 9.98. The van der Waals surface area contributed by atoms with Crippen molar-refractivity contribution < 1.29 is 0 Å². The molecule has 0 aliphatic carbocycles. The second-order valence-electron chi connectivity index (χ2n) is 5.57. The number of rotatable bonds is 5. The van der Waals surface area contributed by atoms with Crippen molar-refractivity contribution in [1.29, 1.82) is 0 Å². The molecule has 2 heteroatoms. The second kappa shape index (κ2) is 5.85. The first-order valence-corrected chi connectivity index (χ1v) is 7.17. The van der Waals surface area contributed by atoms with Crippen LogP contribution in [-0.4, -0.2) is 30.6 Å². The molecule has 2 nitrogen and oxygen atoms in total. The van der Waals surface area contributed by atoms with Gasteiger partial charge in [-0.3, -0.25) is 4.90 Å². The standard InChI is InChI=1S/C16H26N2/c1-5-8-18(16-10-17-11-16)14(4)15-7-6-12(2)13(3)9-15/h6-7,9,14,16-17H,5,8,10-11H2,1-4H3. The fourth-order valence-electron chi connectivity index (χ4n) is 2.67. The van der Waals surface area contributed by atoms with Gasteiger partial charge >= 0.3 is 0 Å². The summed E-state index contributed by atoms with van der Waals surface area (Å²) >= 11 is 0. The molecule has 100 valence electrons. The first kappa shape index (κ1) is 13.6. The third-order valence-corrected chi connectivity index (χ3v) is 4.22. The van der Waals surface area contributed by atoms with Crippen LogP contribution in [-0.2, 0) is 0 Å². The van der Waals surface area contributed by atoms with E-state index in [1.165, 1.54) is 29.7 Å². The van der Waals surface area contributed by atoms with Crippen molar-refractivity contribution in [2.24, 2.45) is 0 Å². The van der Waals surface area contributed by atoms with Gasteiger partial charge in [0.15, 0.2) is 0 Å². The van der Waals surface area contributed by atoms with Crippen molar-refractivity contribution in [3.63, 3.8) is 0 Å². The predicted octanol–water partition coefficient (Wildman–Crippen LogP) is 3.05. The molecule has 0 bridgehead atoms. The van der Waals surface area contributed by atoms with Crippen LogP contribution in [0, 0.1) is 13.8 Å². The van der Waals surface area contributed by atoms with E-state index in [2.05, 4.69) is 56.1 Å². The number of aryl methyl sites for hydroxylation is 2. The zero-order chi connectivity index (χ0) is 13.1. The summed E-state index contributed by atoms with van der Waals surface area (Å²) in [6.45, 7) is 12.5. The number of benzene rings is 1. The number of nitrogens with one attached hydrogen (secondary N) is 1. The molecule has 0 spiro atoms. The highest BCUT2D eigenvalue weighted by Gasteiger charge is 2.28. The van der Waals surface area contributed by atoms with Gasteiger partial charge in [-0.05, 0) is 50.4 Å². The highest BCUT2D eigenvalue weighted by Crippen LogP contribution is 2.25. The number of hydrogen-bond acceptors (Lipinski definition) is 2. The van der Waals surface area contributed by atoms with Crippen LogP contribution in [0.1, 0.15) is 43.0 Å². The van der Waals surface area contributed by atoms with Gasteiger partial charge < -0.3 is 5.32 Å². The average Bonchev–Trinajstić information content (AvgIpc) is 2.29. The van der Waals surface area contributed by atoms with Gasteiger partial charge in [-0.1, -0.05) is 25.1 Å². The van der Waals surface area contributed by atoms with E-state index in [0.717, 1.165) is 19.1 Å². The van der Waals surface area contributed by atoms with Crippen molar-refractivity contribution in [2.45, 2.75) is 46.2 Å². The first-order valence-electron chi connectivity index (χ1n) is 7.17. The number of nitrogens with zero attached hydrogens (tertiary/aromatic N) is 1. The Hall–Kier alpha value is -0.860. The van der Waals surface area contributed by atoms with Crippen molar-refractivity contribution in [2.75, 3.05) is 19.6 Å². The summed E-state index contributed by atoms with van der Waals surface area (Å²) in [5, 5.41) is 3.39. The molecule has 1 saturated heterocycles. The molecule has 1 aromatic carbocycles. The van der Waals surface area contributed by atoms with Crippen LogP contribution < -0.4 is 5.32 Å². The van der Waals surface area contributed by atoms with Crippen LogP contribution in [0.2, 0.25) is 0 Å². The highest BCUT2D eigenvalue weighted by atomic mass is 15.2.